The van der Waals surface area contributed by atoms with E-state index in [0.717, 1.165) is 12.8 Å². The van der Waals surface area contributed by atoms with Gasteiger partial charge < -0.3 is 15.5 Å². The summed E-state index contributed by atoms with van der Waals surface area (Å²) < 4.78 is 15.6. The van der Waals surface area contributed by atoms with Gasteiger partial charge in [0.25, 0.3) is 11.8 Å². The Morgan fingerprint density at radius 3 is 2.93 bits per heavy atom. The highest BCUT2D eigenvalue weighted by Gasteiger charge is 2.30. The monoisotopic (exact) mass is 433 g/mol. The van der Waals surface area contributed by atoms with Gasteiger partial charge >= 0.3 is 0 Å². The van der Waals surface area contributed by atoms with Crippen LogP contribution in [0.5, 0.6) is 0 Å². The smallest absolute Gasteiger partial charge is 0.272 e. The second kappa shape index (κ2) is 8.43. The van der Waals surface area contributed by atoms with Gasteiger partial charge in [-0.25, -0.2) is 4.39 Å². The van der Waals surface area contributed by atoms with Crippen molar-refractivity contribution in [3.05, 3.63) is 52.1 Å². The highest BCUT2D eigenvalue weighted by Crippen LogP contribution is 2.23. The third kappa shape index (κ3) is 4.02. The van der Waals surface area contributed by atoms with E-state index in [2.05, 4.69) is 15.7 Å². The first-order valence-corrected chi connectivity index (χ1v) is 10.2. The minimum Gasteiger partial charge on any atom is -0.354 e. The number of benzene rings is 1. The van der Waals surface area contributed by atoms with Crippen molar-refractivity contribution in [3.8, 4) is 0 Å². The van der Waals surface area contributed by atoms with Gasteiger partial charge in [-0.15, -0.1) is 0 Å². The van der Waals surface area contributed by atoms with E-state index in [0.29, 0.717) is 26.1 Å². The first kappa shape index (κ1) is 20.3. The van der Waals surface area contributed by atoms with Crippen LogP contribution < -0.4 is 10.6 Å². The molecule has 10 heteroatoms. The molecule has 2 aromatic rings. The summed E-state index contributed by atoms with van der Waals surface area (Å²) in [6.07, 6.45) is 2.25. The van der Waals surface area contributed by atoms with Crippen molar-refractivity contribution in [2.24, 2.45) is 0 Å². The lowest BCUT2D eigenvalue weighted by molar-refractivity contribution is -0.122. The molecular formula is C20H21ClFN5O3. The van der Waals surface area contributed by atoms with Crippen LogP contribution in [-0.2, 0) is 17.9 Å². The summed E-state index contributed by atoms with van der Waals surface area (Å²) in [5.41, 5.74) is 0.558. The number of aromatic nitrogens is 2. The number of fused-ring (bicyclic) bond motifs is 1. The zero-order chi connectivity index (χ0) is 21.3. The Morgan fingerprint density at radius 1 is 1.30 bits per heavy atom. The summed E-state index contributed by atoms with van der Waals surface area (Å²) in [5, 5.41) is 9.93. The van der Waals surface area contributed by atoms with Gasteiger partial charge in [-0.1, -0.05) is 17.7 Å². The molecule has 2 N–H and O–H groups in total. The zero-order valence-corrected chi connectivity index (χ0v) is 16.9. The molecule has 0 bridgehead atoms. The van der Waals surface area contributed by atoms with Crippen LogP contribution in [0.3, 0.4) is 0 Å². The van der Waals surface area contributed by atoms with Crippen molar-refractivity contribution in [1.82, 2.24) is 25.3 Å². The fourth-order valence-corrected chi connectivity index (χ4v) is 3.91. The van der Waals surface area contributed by atoms with Gasteiger partial charge in [0.05, 0.1) is 13.1 Å². The molecule has 1 aromatic heterocycles. The average molecular weight is 434 g/mol. The molecule has 0 radical (unpaired) electrons. The summed E-state index contributed by atoms with van der Waals surface area (Å²) in [6.45, 7) is 1.30. The average Bonchev–Trinajstić information content (AvgIpc) is 3.06. The van der Waals surface area contributed by atoms with Gasteiger partial charge in [-0.2, -0.15) is 5.10 Å². The highest BCUT2D eigenvalue weighted by molar-refractivity contribution is 6.31. The lowest BCUT2D eigenvalue weighted by atomic mass is 10.1. The minimum absolute atomic E-state index is 0.0271. The Hall–Kier alpha value is -2.94. The third-order valence-corrected chi connectivity index (χ3v) is 5.71. The van der Waals surface area contributed by atoms with E-state index < -0.39 is 17.8 Å². The number of halogens is 2. The fourth-order valence-electron chi connectivity index (χ4n) is 3.68. The van der Waals surface area contributed by atoms with Gasteiger partial charge in [-0.05, 0) is 31.4 Å². The van der Waals surface area contributed by atoms with Crippen molar-refractivity contribution >= 4 is 29.3 Å². The first-order chi connectivity index (χ1) is 14.4. The molecule has 1 unspecified atom stereocenters. The molecule has 3 amide bonds. The predicted octanol–water partition coefficient (Wildman–Crippen LogP) is 1.73. The van der Waals surface area contributed by atoms with E-state index in [4.69, 9.17) is 11.6 Å². The van der Waals surface area contributed by atoms with Gasteiger partial charge in [-0.3, -0.25) is 19.1 Å². The lowest BCUT2D eigenvalue weighted by Crippen LogP contribution is -2.45. The molecule has 0 saturated carbocycles. The Kier molecular flexibility index (Phi) is 5.72. The molecule has 8 nitrogen and oxygen atoms in total. The molecule has 158 valence electrons. The Morgan fingerprint density at radius 2 is 2.13 bits per heavy atom. The number of nitrogens with one attached hydrogen (secondary N) is 2. The van der Waals surface area contributed by atoms with Crippen molar-refractivity contribution in [1.29, 1.82) is 0 Å². The van der Waals surface area contributed by atoms with Gasteiger partial charge in [0, 0.05) is 29.7 Å². The molecule has 1 atom stereocenters. The van der Waals surface area contributed by atoms with Gasteiger partial charge in [0.15, 0.2) is 5.69 Å². The minimum atomic E-state index is -0.617. The molecule has 0 spiro atoms. The SMILES string of the molecule is O=C(NC1CCCCNC1=O)c1cc2n(n1)CCN(Cc1c(F)cccc1Cl)C2=O. The van der Waals surface area contributed by atoms with E-state index in [1.807, 2.05) is 0 Å². The number of hydrogen-bond donors (Lipinski definition) is 2. The molecule has 4 rings (SSSR count). The van der Waals surface area contributed by atoms with E-state index in [1.54, 1.807) is 6.07 Å². The number of nitrogens with zero attached hydrogens (tertiary/aromatic N) is 3. The van der Waals surface area contributed by atoms with Crippen molar-refractivity contribution in [2.75, 3.05) is 13.1 Å². The fraction of sp³-hybridized carbons (Fsp3) is 0.400. The Balaban J connectivity index is 1.49. The maximum Gasteiger partial charge on any atom is 0.272 e. The molecular weight excluding hydrogens is 413 g/mol. The summed E-state index contributed by atoms with van der Waals surface area (Å²) in [6, 6.07) is 5.17. The molecule has 2 aliphatic heterocycles. The van der Waals surface area contributed by atoms with Crippen LogP contribution in [0.4, 0.5) is 4.39 Å². The Bertz CT molecular complexity index is 988. The summed E-state index contributed by atoms with van der Waals surface area (Å²) in [5.74, 6) is -1.56. The standard InChI is InChI=1S/C20H21ClFN5O3/c21-13-4-3-5-14(22)12(13)11-26-8-9-27-17(20(26)30)10-16(25-27)19(29)24-15-6-1-2-7-23-18(15)28/h3-5,10,15H,1-2,6-9,11H2,(H,23,28)(H,24,29). The number of carbonyl (C=O) groups is 3. The van der Waals surface area contributed by atoms with Crippen LogP contribution in [0.1, 0.15) is 45.8 Å². The second-order valence-electron chi connectivity index (χ2n) is 7.38. The topological polar surface area (TPSA) is 96.3 Å². The zero-order valence-electron chi connectivity index (χ0n) is 16.2. The van der Waals surface area contributed by atoms with Crippen molar-refractivity contribution < 1.29 is 18.8 Å². The van der Waals surface area contributed by atoms with Crippen molar-refractivity contribution in [3.63, 3.8) is 0 Å². The maximum absolute atomic E-state index is 14.1. The van der Waals surface area contributed by atoms with Crippen LogP contribution in [-0.4, -0.2) is 51.5 Å². The van der Waals surface area contributed by atoms with Crippen LogP contribution in [0, 0.1) is 5.82 Å². The highest BCUT2D eigenvalue weighted by atomic mass is 35.5. The molecule has 1 fully saturated rings. The van der Waals surface area contributed by atoms with Crippen LogP contribution in [0.25, 0.3) is 0 Å². The lowest BCUT2D eigenvalue weighted by Gasteiger charge is -2.27. The van der Waals surface area contributed by atoms with Crippen LogP contribution in [0.2, 0.25) is 5.02 Å². The van der Waals surface area contributed by atoms with Crippen LogP contribution >= 0.6 is 11.6 Å². The predicted molar refractivity (Wildman–Crippen MR) is 106 cm³/mol. The van der Waals surface area contributed by atoms with Gasteiger partial charge in [0.2, 0.25) is 5.91 Å². The summed E-state index contributed by atoms with van der Waals surface area (Å²) in [4.78, 5) is 39.0. The third-order valence-electron chi connectivity index (χ3n) is 5.35. The number of hydrogen-bond acceptors (Lipinski definition) is 4. The summed E-state index contributed by atoms with van der Waals surface area (Å²) >= 11 is 6.08. The number of amides is 3. The largest absolute Gasteiger partial charge is 0.354 e. The van der Waals surface area contributed by atoms with E-state index in [1.165, 1.54) is 27.8 Å². The van der Waals surface area contributed by atoms with E-state index in [9.17, 15) is 18.8 Å². The molecule has 3 heterocycles. The van der Waals surface area contributed by atoms with E-state index >= 15 is 0 Å². The molecule has 2 aliphatic rings. The second-order valence-corrected chi connectivity index (χ2v) is 7.78. The quantitative estimate of drug-likeness (QED) is 0.767. The Labute approximate surface area is 177 Å². The van der Waals surface area contributed by atoms with Crippen molar-refractivity contribution in [2.45, 2.75) is 38.4 Å². The summed E-state index contributed by atoms with van der Waals surface area (Å²) in [7, 11) is 0. The first-order valence-electron chi connectivity index (χ1n) is 9.82. The normalized spacial score (nSPS) is 19.1. The molecule has 30 heavy (non-hydrogen) atoms. The molecule has 1 saturated heterocycles. The number of rotatable bonds is 4. The van der Waals surface area contributed by atoms with E-state index in [-0.39, 0.29) is 40.3 Å². The van der Waals surface area contributed by atoms with Crippen LogP contribution in [0.15, 0.2) is 24.3 Å². The molecule has 1 aromatic carbocycles. The van der Waals surface area contributed by atoms with Gasteiger partial charge in [0.1, 0.15) is 17.6 Å². The number of carbonyl (C=O) groups excluding carboxylic acids is 3. The molecule has 0 aliphatic carbocycles. The maximum atomic E-state index is 14.1.